The van der Waals surface area contributed by atoms with Crippen molar-refractivity contribution in [1.82, 2.24) is 10.1 Å². The van der Waals surface area contributed by atoms with Gasteiger partial charge in [-0.1, -0.05) is 5.16 Å². The van der Waals surface area contributed by atoms with Crippen LogP contribution >= 0.6 is 0 Å². The van der Waals surface area contributed by atoms with Gasteiger partial charge in [-0.15, -0.1) is 0 Å². The molecular weight excluding hydrogens is 224 g/mol. The summed E-state index contributed by atoms with van der Waals surface area (Å²) in [5.41, 5.74) is 1.20. The molecule has 0 aliphatic heterocycles. The Morgan fingerprint density at radius 3 is 3.00 bits per heavy atom. The van der Waals surface area contributed by atoms with Crippen LogP contribution in [-0.4, -0.2) is 15.1 Å². The Bertz CT molecular complexity index is 524. The Balaban J connectivity index is 2.21. The standard InChI is InChI=1S/C10H10N4O3/c1-7-2-4-11-10(9(7)14(15)16)12-6-8-3-5-17-13-8/h2-5H,6H2,1H3,(H,11,12). The molecule has 0 atom stereocenters. The molecule has 0 radical (unpaired) electrons. The van der Waals surface area contributed by atoms with E-state index in [-0.39, 0.29) is 11.5 Å². The summed E-state index contributed by atoms with van der Waals surface area (Å²) < 4.78 is 4.66. The second-order valence-electron chi connectivity index (χ2n) is 3.43. The van der Waals surface area contributed by atoms with Crippen LogP contribution in [0, 0.1) is 17.0 Å². The average molecular weight is 234 g/mol. The van der Waals surface area contributed by atoms with Gasteiger partial charge in [0, 0.05) is 17.8 Å². The van der Waals surface area contributed by atoms with E-state index in [9.17, 15) is 10.1 Å². The molecule has 2 heterocycles. The van der Waals surface area contributed by atoms with Crippen molar-refractivity contribution in [3.8, 4) is 0 Å². The highest BCUT2D eigenvalue weighted by molar-refractivity contribution is 5.59. The second kappa shape index (κ2) is 4.60. The van der Waals surface area contributed by atoms with E-state index in [4.69, 9.17) is 0 Å². The molecule has 0 fully saturated rings. The highest BCUT2D eigenvalue weighted by Crippen LogP contribution is 2.25. The van der Waals surface area contributed by atoms with Gasteiger partial charge in [0.05, 0.1) is 11.5 Å². The minimum atomic E-state index is -0.451. The first-order valence-corrected chi connectivity index (χ1v) is 4.91. The van der Waals surface area contributed by atoms with Crippen molar-refractivity contribution in [3.63, 3.8) is 0 Å². The van der Waals surface area contributed by atoms with Gasteiger partial charge in [-0.2, -0.15) is 0 Å². The third-order valence-electron chi connectivity index (χ3n) is 2.24. The number of hydrogen-bond acceptors (Lipinski definition) is 6. The van der Waals surface area contributed by atoms with E-state index in [1.807, 2.05) is 0 Å². The predicted molar refractivity (Wildman–Crippen MR) is 59.5 cm³/mol. The van der Waals surface area contributed by atoms with Crippen LogP contribution in [0.2, 0.25) is 0 Å². The number of nitrogens with zero attached hydrogens (tertiary/aromatic N) is 3. The maximum absolute atomic E-state index is 10.9. The lowest BCUT2D eigenvalue weighted by molar-refractivity contribution is -0.384. The molecule has 0 amide bonds. The van der Waals surface area contributed by atoms with Crippen LogP contribution < -0.4 is 5.32 Å². The maximum atomic E-state index is 10.9. The van der Waals surface area contributed by atoms with Crippen molar-refractivity contribution in [1.29, 1.82) is 0 Å². The molecule has 0 aliphatic carbocycles. The van der Waals surface area contributed by atoms with Gasteiger partial charge in [0.2, 0.25) is 5.82 Å². The fraction of sp³-hybridized carbons (Fsp3) is 0.200. The van der Waals surface area contributed by atoms with Crippen molar-refractivity contribution < 1.29 is 9.45 Å². The van der Waals surface area contributed by atoms with Gasteiger partial charge in [-0.3, -0.25) is 10.1 Å². The monoisotopic (exact) mass is 234 g/mol. The molecule has 0 unspecified atom stereocenters. The summed E-state index contributed by atoms with van der Waals surface area (Å²) in [4.78, 5) is 14.4. The molecule has 0 aliphatic rings. The number of rotatable bonds is 4. The first-order chi connectivity index (χ1) is 8.18. The molecule has 0 spiro atoms. The molecule has 7 nitrogen and oxygen atoms in total. The van der Waals surface area contributed by atoms with Crippen molar-refractivity contribution >= 4 is 11.5 Å². The molecule has 0 saturated carbocycles. The number of aryl methyl sites for hydroxylation is 1. The van der Waals surface area contributed by atoms with Crippen molar-refractivity contribution in [2.45, 2.75) is 13.5 Å². The molecule has 0 bridgehead atoms. The van der Waals surface area contributed by atoms with Crippen LogP contribution in [0.3, 0.4) is 0 Å². The van der Waals surface area contributed by atoms with Crippen LogP contribution in [0.1, 0.15) is 11.3 Å². The predicted octanol–water partition coefficient (Wildman–Crippen LogP) is 1.90. The molecule has 17 heavy (non-hydrogen) atoms. The van der Waals surface area contributed by atoms with Gasteiger partial charge in [0.25, 0.3) is 0 Å². The van der Waals surface area contributed by atoms with E-state index in [1.54, 1.807) is 19.1 Å². The van der Waals surface area contributed by atoms with Crippen LogP contribution in [0.5, 0.6) is 0 Å². The highest BCUT2D eigenvalue weighted by atomic mass is 16.6. The molecule has 0 aromatic carbocycles. The van der Waals surface area contributed by atoms with E-state index in [1.165, 1.54) is 12.5 Å². The first kappa shape index (κ1) is 11.1. The van der Waals surface area contributed by atoms with E-state index in [2.05, 4.69) is 20.0 Å². The van der Waals surface area contributed by atoms with Crippen molar-refractivity contribution in [3.05, 3.63) is 46.0 Å². The number of nitrogens with one attached hydrogen (secondary N) is 1. The van der Waals surface area contributed by atoms with E-state index < -0.39 is 4.92 Å². The number of nitro groups is 1. The minimum Gasteiger partial charge on any atom is -0.364 e. The van der Waals surface area contributed by atoms with Crippen molar-refractivity contribution in [2.24, 2.45) is 0 Å². The minimum absolute atomic E-state index is 0.0176. The first-order valence-electron chi connectivity index (χ1n) is 4.91. The van der Waals surface area contributed by atoms with Gasteiger partial charge in [0.1, 0.15) is 12.0 Å². The summed E-state index contributed by atoms with van der Waals surface area (Å²) in [6.45, 7) is 1.99. The lowest BCUT2D eigenvalue weighted by Crippen LogP contribution is -2.05. The Kier molecular flexibility index (Phi) is 2.99. The molecule has 7 heteroatoms. The van der Waals surface area contributed by atoms with Crippen LogP contribution in [0.15, 0.2) is 29.1 Å². The van der Waals surface area contributed by atoms with Gasteiger partial charge in [-0.25, -0.2) is 4.98 Å². The van der Waals surface area contributed by atoms with Crippen LogP contribution in [-0.2, 0) is 6.54 Å². The van der Waals surface area contributed by atoms with Crippen LogP contribution in [0.4, 0.5) is 11.5 Å². The molecule has 2 aromatic heterocycles. The molecule has 0 saturated heterocycles. The summed E-state index contributed by atoms with van der Waals surface area (Å²) in [6, 6.07) is 3.27. The third kappa shape index (κ3) is 2.39. The highest BCUT2D eigenvalue weighted by Gasteiger charge is 2.18. The normalized spacial score (nSPS) is 10.2. The maximum Gasteiger partial charge on any atom is 0.314 e. The molecule has 2 aromatic rings. The SMILES string of the molecule is Cc1ccnc(NCc2ccon2)c1[N+](=O)[O-]. The number of pyridine rings is 1. The fourth-order valence-corrected chi connectivity index (χ4v) is 1.41. The summed E-state index contributed by atoms with van der Waals surface area (Å²) in [6.07, 6.45) is 2.96. The van der Waals surface area contributed by atoms with Crippen molar-refractivity contribution in [2.75, 3.05) is 5.32 Å². The fourth-order valence-electron chi connectivity index (χ4n) is 1.41. The quantitative estimate of drug-likeness (QED) is 0.641. The summed E-state index contributed by atoms with van der Waals surface area (Å²) in [7, 11) is 0. The molecular formula is C10H10N4O3. The average Bonchev–Trinajstić information content (AvgIpc) is 2.78. The molecule has 88 valence electrons. The summed E-state index contributed by atoms with van der Waals surface area (Å²) in [5, 5.41) is 17.5. The second-order valence-corrected chi connectivity index (χ2v) is 3.43. The van der Waals surface area contributed by atoms with Gasteiger partial charge < -0.3 is 9.84 Å². The number of hydrogen-bond donors (Lipinski definition) is 1. The smallest absolute Gasteiger partial charge is 0.314 e. The Labute approximate surface area is 96.6 Å². The number of aromatic nitrogens is 2. The van der Waals surface area contributed by atoms with Gasteiger partial charge in [0.15, 0.2) is 0 Å². The van der Waals surface area contributed by atoms with E-state index in [0.717, 1.165) is 0 Å². The zero-order valence-corrected chi connectivity index (χ0v) is 9.08. The Morgan fingerprint density at radius 2 is 2.35 bits per heavy atom. The Morgan fingerprint density at radius 1 is 1.53 bits per heavy atom. The van der Waals surface area contributed by atoms with Gasteiger partial charge >= 0.3 is 5.69 Å². The lowest BCUT2D eigenvalue weighted by Gasteiger charge is -2.05. The topological polar surface area (TPSA) is 94.1 Å². The largest absolute Gasteiger partial charge is 0.364 e. The Hall–Kier alpha value is -2.44. The third-order valence-corrected chi connectivity index (χ3v) is 2.24. The lowest BCUT2D eigenvalue weighted by atomic mass is 10.2. The zero-order valence-electron chi connectivity index (χ0n) is 9.08. The summed E-state index contributed by atoms with van der Waals surface area (Å²) >= 11 is 0. The zero-order chi connectivity index (χ0) is 12.3. The van der Waals surface area contributed by atoms with E-state index >= 15 is 0 Å². The number of anilines is 1. The molecule has 1 N–H and O–H groups in total. The van der Waals surface area contributed by atoms with E-state index in [0.29, 0.717) is 17.8 Å². The van der Waals surface area contributed by atoms with Crippen LogP contribution in [0.25, 0.3) is 0 Å². The summed E-state index contributed by atoms with van der Waals surface area (Å²) in [5.74, 6) is 0.234. The van der Waals surface area contributed by atoms with Gasteiger partial charge in [-0.05, 0) is 13.0 Å². The molecule has 2 rings (SSSR count).